The number of aromatic amines is 1. The number of nitrogens with zero attached hydrogens (tertiary/aromatic N) is 5. The molecule has 0 atom stereocenters. The summed E-state index contributed by atoms with van der Waals surface area (Å²) in [6.45, 7) is 1.97. The standard InChI is InChI=1S/C13H15F2N7O/c1-7(2)6-22-12-8(4-17-22)16-5-10(19-12)18-9-3-11(21-20-9)23-13(14)15/h3-5,7,13H,6H2,1-2H3,(H2,18,19,20,21). The molecule has 0 saturated carbocycles. The second kappa shape index (κ2) is 6.15. The minimum Gasteiger partial charge on any atom is -0.417 e. The van der Waals surface area contributed by atoms with Gasteiger partial charge in [-0.05, 0) is 5.92 Å². The van der Waals surface area contributed by atoms with E-state index in [1.54, 1.807) is 10.9 Å². The summed E-state index contributed by atoms with van der Waals surface area (Å²) in [7, 11) is 0. The molecule has 0 aliphatic heterocycles. The van der Waals surface area contributed by atoms with Crippen LogP contribution in [0.1, 0.15) is 13.8 Å². The SMILES string of the molecule is CC(C)Cn1ncc2ncc(Nc3cc(OC(F)F)[nH]n3)nc21. The minimum atomic E-state index is -2.91. The van der Waals surface area contributed by atoms with Crippen LogP contribution in [0.4, 0.5) is 20.4 Å². The third-order valence-corrected chi connectivity index (χ3v) is 2.91. The van der Waals surface area contributed by atoms with Gasteiger partial charge >= 0.3 is 6.61 Å². The maximum Gasteiger partial charge on any atom is 0.388 e. The number of fused-ring (bicyclic) bond motifs is 1. The summed E-state index contributed by atoms with van der Waals surface area (Å²) in [6.07, 6.45) is 3.17. The predicted molar refractivity (Wildman–Crippen MR) is 78.7 cm³/mol. The van der Waals surface area contributed by atoms with Crippen molar-refractivity contribution in [3.8, 4) is 5.88 Å². The summed E-state index contributed by atoms with van der Waals surface area (Å²) in [6, 6.07) is 1.31. The molecule has 0 aliphatic rings. The zero-order chi connectivity index (χ0) is 16.4. The second-order valence-electron chi connectivity index (χ2n) is 5.31. The number of ether oxygens (including phenoxy) is 1. The largest absolute Gasteiger partial charge is 0.417 e. The fraction of sp³-hybridized carbons (Fsp3) is 0.385. The number of rotatable bonds is 6. The highest BCUT2D eigenvalue weighted by molar-refractivity contribution is 5.71. The van der Waals surface area contributed by atoms with Gasteiger partial charge in [0.05, 0.1) is 12.4 Å². The minimum absolute atomic E-state index is 0.138. The van der Waals surface area contributed by atoms with Crippen molar-refractivity contribution >= 4 is 22.8 Å². The number of nitrogens with one attached hydrogen (secondary N) is 2. The van der Waals surface area contributed by atoms with E-state index in [0.29, 0.717) is 28.7 Å². The molecule has 122 valence electrons. The van der Waals surface area contributed by atoms with Crippen LogP contribution in [0.15, 0.2) is 18.5 Å². The molecule has 0 amide bonds. The first-order chi connectivity index (χ1) is 11.0. The van der Waals surface area contributed by atoms with Gasteiger partial charge in [0.2, 0.25) is 5.88 Å². The molecule has 3 aromatic heterocycles. The molecule has 3 rings (SSSR count). The Labute approximate surface area is 129 Å². The lowest BCUT2D eigenvalue weighted by atomic mass is 10.2. The van der Waals surface area contributed by atoms with E-state index in [0.717, 1.165) is 6.54 Å². The van der Waals surface area contributed by atoms with E-state index >= 15 is 0 Å². The highest BCUT2D eigenvalue weighted by atomic mass is 19.3. The summed E-state index contributed by atoms with van der Waals surface area (Å²) in [4.78, 5) is 8.70. The molecule has 10 heteroatoms. The van der Waals surface area contributed by atoms with Crippen molar-refractivity contribution in [3.63, 3.8) is 0 Å². The molecular formula is C13H15F2N7O. The molecule has 0 fully saturated rings. The maximum atomic E-state index is 12.1. The third-order valence-electron chi connectivity index (χ3n) is 2.91. The molecule has 0 unspecified atom stereocenters. The van der Waals surface area contributed by atoms with Crippen LogP contribution in [-0.4, -0.2) is 36.6 Å². The van der Waals surface area contributed by atoms with Crippen molar-refractivity contribution < 1.29 is 13.5 Å². The van der Waals surface area contributed by atoms with E-state index in [-0.39, 0.29) is 5.88 Å². The summed E-state index contributed by atoms with van der Waals surface area (Å²) in [5.41, 5.74) is 1.32. The van der Waals surface area contributed by atoms with Gasteiger partial charge in [-0.15, -0.1) is 0 Å². The van der Waals surface area contributed by atoms with Gasteiger partial charge in [-0.3, -0.25) is 0 Å². The first kappa shape index (κ1) is 15.1. The van der Waals surface area contributed by atoms with Crippen LogP contribution in [-0.2, 0) is 6.54 Å². The van der Waals surface area contributed by atoms with Gasteiger partial charge in [-0.25, -0.2) is 19.7 Å². The van der Waals surface area contributed by atoms with Crippen molar-refractivity contribution in [2.24, 2.45) is 5.92 Å². The Bertz CT molecular complexity index is 799. The monoisotopic (exact) mass is 323 g/mol. The molecule has 0 bridgehead atoms. The Hall–Kier alpha value is -2.78. The number of hydrogen-bond donors (Lipinski definition) is 2. The van der Waals surface area contributed by atoms with E-state index in [1.165, 1.54) is 12.3 Å². The molecule has 0 saturated heterocycles. The van der Waals surface area contributed by atoms with Gasteiger partial charge in [0, 0.05) is 12.6 Å². The molecule has 23 heavy (non-hydrogen) atoms. The summed E-state index contributed by atoms with van der Waals surface area (Å²) in [5, 5.41) is 13.3. The predicted octanol–water partition coefficient (Wildman–Crippen LogP) is 2.55. The van der Waals surface area contributed by atoms with Gasteiger partial charge in [0.25, 0.3) is 0 Å². The molecule has 0 radical (unpaired) electrons. The maximum absolute atomic E-state index is 12.1. The quantitative estimate of drug-likeness (QED) is 0.724. The van der Waals surface area contributed by atoms with E-state index in [4.69, 9.17) is 0 Å². The van der Waals surface area contributed by atoms with Gasteiger partial charge in [0.1, 0.15) is 5.52 Å². The van der Waals surface area contributed by atoms with Gasteiger partial charge < -0.3 is 10.1 Å². The van der Waals surface area contributed by atoms with E-state index < -0.39 is 6.61 Å². The lowest BCUT2D eigenvalue weighted by Crippen LogP contribution is -2.07. The smallest absolute Gasteiger partial charge is 0.388 e. The van der Waals surface area contributed by atoms with Crippen molar-refractivity contribution in [3.05, 3.63) is 18.5 Å². The number of hydrogen-bond acceptors (Lipinski definition) is 6. The molecule has 2 N–H and O–H groups in total. The Kier molecular flexibility index (Phi) is 4.04. The fourth-order valence-corrected chi connectivity index (χ4v) is 2.04. The topological polar surface area (TPSA) is 93.5 Å². The molecular weight excluding hydrogens is 308 g/mol. The lowest BCUT2D eigenvalue weighted by molar-refractivity contribution is -0.0528. The van der Waals surface area contributed by atoms with Crippen LogP contribution in [0.3, 0.4) is 0 Å². The average molecular weight is 323 g/mol. The van der Waals surface area contributed by atoms with Gasteiger partial charge in [-0.1, -0.05) is 13.8 Å². The number of H-pyrrole nitrogens is 1. The zero-order valence-electron chi connectivity index (χ0n) is 12.5. The lowest BCUT2D eigenvalue weighted by Gasteiger charge is -2.06. The zero-order valence-corrected chi connectivity index (χ0v) is 12.5. The summed E-state index contributed by atoms with van der Waals surface area (Å²) < 4.78 is 30.2. The van der Waals surface area contributed by atoms with Crippen LogP contribution in [0, 0.1) is 5.92 Å². The van der Waals surface area contributed by atoms with Crippen molar-refractivity contribution in [1.29, 1.82) is 0 Å². The van der Waals surface area contributed by atoms with Crippen LogP contribution in [0.25, 0.3) is 11.2 Å². The number of halogens is 2. The molecule has 3 heterocycles. The molecule has 8 nitrogen and oxygen atoms in total. The van der Waals surface area contributed by atoms with Crippen molar-refractivity contribution in [1.82, 2.24) is 29.9 Å². The average Bonchev–Trinajstić information content (AvgIpc) is 3.05. The molecule has 3 aromatic rings. The van der Waals surface area contributed by atoms with E-state index in [9.17, 15) is 8.78 Å². The van der Waals surface area contributed by atoms with Crippen LogP contribution >= 0.6 is 0 Å². The number of anilines is 2. The summed E-state index contributed by atoms with van der Waals surface area (Å²) in [5.74, 6) is 1.00. The van der Waals surface area contributed by atoms with E-state index in [1.807, 2.05) is 0 Å². The molecule has 0 aromatic carbocycles. The highest BCUT2D eigenvalue weighted by Crippen LogP contribution is 2.19. The van der Waals surface area contributed by atoms with Gasteiger partial charge in [0.15, 0.2) is 17.3 Å². The van der Waals surface area contributed by atoms with E-state index in [2.05, 4.69) is 49.2 Å². The van der Waals surface area contributed by atoms with Crippen LogP contribution < -0.4 is 10.1 Å². The Morgan fingerprint density at radius 2 is 2.13 bits per heavy atom. The first-order valence-electron chi connectivity index (χ1n) is 6.97. The normalized spacial score (nSPS) is 11.6. The third kappa shape index (κ3) is 3.52. The van der Waals surface area contributed by atoms with Gasteiger partial charge in [-0.2, -0.15) is 19.0 Å². The van der Waals surface area contributed by atoms with Crippen molar-refractivity contribution in [2.75, 3.05) is 5.32 Å². The molecule has 0 spiro atoms. The van der Waals surface area contributed by atoms with Crippen LogP contribution in [0.5, 0.6) is 5.88 Å². The molecule has 0 aliphatic carbocycles. The van der Waals surface area contributed by atoms with Crippen LogP contribution in [0.2, 0.25) is 0 Å². The first-order valence-corrected chi connectivity index (χ1v) is 6.97. The number of alkyl halides is 2. The van der Waals surface area contributed by atoms with Crippen molar-refractivity contribution in [2.45, 2.75) is 27.0 Å². The Morgan fingerprint density at radius 1 is 1.30 bits per heavy atom. The number of aromatic nitrogens is 6. The Morgan fingerprint density at radius 3 is 2.87 bits per heavy atom. The Balaban J connectivity index is 1.81. The summed E-state index contributed by atoms with van der Waals surface area (Å²) >= 11 is 0. The fourth-order valence-electron chi connectivity index (χ4n) is 2.04. The second-order valence-corrected chi connectivity index (χ2v) is 5.31. The highest BCUT2D eigenvalue weighted by Gasteiger charge is 2.11.